The fourth-order valence-corrected chi connectivity index (χ4v) is 5.84. The van der Waals surface area contributed by atoms with Crippen LogP contribution < -0.4 is 0 Å². The lowest BCUT2D eigenvalue weighted by Crippen LogP contribution is -1.90. The molecule has 2 nitrogen and oxygen atoms in total. The van der Waals surface area contributed by atoms with E-state index in [2.05, 4.69) is 103 Å². The smallest absolute Gasteiger partial charge is 0.170 e. The summed E-state index contributed by atoms with van der Waals surface area (Å²) < 4.78 is 12.5. The highest BCUT2D eigenvalue weighted by Crippen LogP contribution is 2.46. The van der Waals surface area contributed by atoms with Gasteiger partial charge in [0, 0.05) is 10.8 Å². The molecule has 6 aromatic carbocycles. The fraction of sp³-hybridized carbons (Fsp3) is 0. The summed E-state index contributed by atoms with van der Waals surface area (Å²) in [6.45, 7) is 0. The van der Waals surface area contributed by atoms with Crippen molar-refractivity contribution in [2.24, 2.45) is 0 Å². The van der Waals surface area contributed by atoms with Crippen LogP contribution in [0.25, 0.3) is 77.3 Å². The Kier molecular flexibility index (Phi) is 4.55. The third-order valence-electron chi connectivity index (χ3n) is 7.49. The zero-order valence-electron chi connectivity index (χ0n) is 20.5. The first-order chi connectivity index (χ1) is 18.8. The maximum atomic E-state index is 6.37. The summed E-state index contributed by atoms with van der Waals surface area (Å²) >= 11 is 0. The summed E-state index contributed by atoms with van der Waals surface area (Å²) in [4.78, 5) is 0. The Labute approximate surface area is 219 Å². The van der Waals surface area contributed by atoms with E-state index < -0.39 is 0 Å². The maximum absolute atomic E-state index is 6.37. The molecule has 38 heavy (non-hydrogen) atoms. The highest BCUT2D eigenvalue weighted by atomic mass is 16.4. The van der Waals surface area contributed by atoms with Crippen LogP contribution in [0.1, 0.15) is 0 Å². The molecule has 2 heterocycles. The molecule has 0 aliphatic carbocycles. The van der Waals surface area contributed by atoms with E-state index >= 15 is 0 Å². The highest BCUT2D eigenvalue weighted by Gasteiger charge is 2.20. The summed E-state index contributed by atoms with van der Waals surface area (Å²) in [5, 5.41) is 7.08. The van der Waals surface area contributed by atoms with Crippen LogP contribution in [0.2, 0.25) is 0 Å². The molecule has 2 aromatic heterocycles. The van der Waals surface area contributed by atoms with Gasteiger partial charge in [-0.15, -0.1) is 0 Å². The Morgan fingerprint density at radius 1 is 0.368 bits per heavy atom. The van der Waals surface area contributed by atoms with E-state index in [9.17, 15) is 0 Å². The fourth-order valence-electron chi connectivity index (χ4n) is 5.84. The van der Waals surface area contributed by atoms with E-state index in [0.717, 1.165) is 39.0 Å². The van der Waals surface area contributed by atoms with Crippen molar-refractivity contribution >= 4 is 43.5 Å². The monoisotopic (exact) mass is 486 g/mol. The summed E-state index contributed by atoms with van der Waals surface area (Å²) in [5.74, 6) is 1.47. The molecule has 178 valence electrons. The van der Waals surface area contributed by atoms with E-state index in [0.29, 0.717) is 0 Å². The van der Waals surface area contributed by atoms with Crippen molar-refractivity contribution < 1.29 is 8.83 Å². The van der Waals surface area contributed by atoms with Crippen LogP contribution in [-0.4, -0.2) is 0 Å². The molecule has 0 radical (unpaired) electrons. The lowest BCUT2D eigenvalue weighted by Gasteiger charge is -2.18. The number of furan rings is 2. The van der Waals surface area contributed by atoms with Crippen molar-refractivity contribution in [2.45, 2.75) is 0 Å². The second kappa shape index (κ2) is 8.22. The molecular formula is C36H22O2. The molecule has 2 heteroatoms. The van der Waals surface area contributed by atoms with Crippen LogP contribution in [-0.2, 0) is 0 Å². The molecule has 0 saturated carbocycles. The Balaban J connectivity index is 1.44. The Bertz CT molecular complexity index is 2040. The minimum atomic E-state index is 0.734. The lowest BCUT2D eigenvalue weighted by atomic mass is 9.85. The molecule has 0 atom stereocenters. The average Bonchev–Trinajstić information content (AvgIpc) is 3.61. The van der Waals surface area contributed by atoms with Gasteiger partial charge in [0.05, 0.1) is 0 Å². The molecule has 0 unspecified atom stereocenters. The Morgan fingerprint density at radius 2 is 0.921 bits per heavy atom. The third kappa shape index (κ3) is 3.14. The van der Waals surface area contributed by atoms with Gasteiger partial charge in [0.2, 0.25) is 0 Å². The highest BCUT2D eigenvalue weighted by molar-refractivity contribution is 6.23. The molecule has 0 saturated heterocycles. The minimum Gasteiger partial charge on any atom is -0.453 e. The molecule has 0 aliphatic heterocycles. The van der Waals surface area contributed by atoms with Gasteiger partial charge in [-0.3, -0.25) is 0 Å². The SMILES string of the molecule is c1ccc(-c2c3ccccc3c(-c3cccc4oc(-c5cc6ccccc6o5)cc34)c3ccccc23)cc1. The van der Waals surface area contributed by atoms with Crippen molar-refractivity contribution in [3.63, 3.8) is 0 Å². The van der Waals surface area contributed by atoms with Gasteiger partial charge in [-0.05, 0) is 68.1 Å². The number of hydrogen-bond acceptors (Lipinski definition) is 2. The van der Waals surface area contributed by atoms with Gasteiger partial charge in [-0.1, -0.05) is 109 Å². The quantitative estimate of drug-likeness (QED) is 0.232. The largest absolute Gasteiger partial charge is 0.453 e. The maximum Gasteiger partial charge on any atom is 0.170 e. The van der Waals surface area contributed by atoms with Crippen LogP contribution in [0.5, 0.6) is 0 Å². The average molecular weight is 487 g/mol. The lowest BCUT2D eigenvalue weighted by molar-refractivity contribution is 0.569. The van der Waals surface area contributed by atoms with Crippen LogP contribution in [0.4, 0.5) is 0 Å². The predicted octanol–water partition coefficient (Wildman–Crippen LogP) is 10.5. The molecule has 0 spiro atoms. The first-order valence-corrected chi connectivity index (χ1v) is 12.9. The van der Waals surface area contributed by atoms with E-state index in [1.807, 2.05) is 30.3 Å². The summed E-state index contributed by atoms with van der Waals surface area (Å²) in [6, 6.07) is 46.7. The Morgan fingerprint density at radius 3 is 1.63 bits per heavy atom. The molecule has 0 aliphatic rings. The number of hydrogen-bond donors (Lipinski definition) is 0. The molecule has 0 N–H and O–H groups in total. The zero-order chi connectivity index (χ0) is 25.1. The first-order valence-electron chi connectivity index (χ1n) is 12.9. The van der Waals surface area contributed by atoms with Crippen LogP contribution in [0, 0.1) is 0 Å². The normalized spacial score (nSPS) is 11.7. The number of rotatable bonds is 3. The van der Waals surface area contributed by atoms with E-state index in [-0.39, 0.29) is 0 Å². The van der Waals surface area contributed by atoms with Crippen molar-refractivity contribution in [3.8, 4) is 33.8 Å². The van der Waals surface area contributed by atoms with Crippen molar-refractivity contribution in [2.75, 3.05) is 0 Å². The van der Waals surface area contributed by atoms with Crippen molar-refractivity contribution in [1.82, 2.24) is 0 Å². The van der Waals surface area contributed by atoms with Crippen LogP contribution in [0.15, 0.2) is 142 Å². The zero-order valence-corrected chi connectivity index (χ0v) is 20.5. The molecule has 0 amide bonds. The van der Waals surface area contributed by atoms with E-state index in [4.69, 9.17) is 8.83 Å². The van der Waals surface area contributed by atoms with Crippen molar-refractivity contribution in [1.29, 1.82) is 0 Å². The second-order valence-electron chi connectivity index (χ2n) is 9.68. The van der Waals surface area contributed by atoms with Crippen LogP contribution in [0.3, 0.4) is 0 Å². The minimum absolute atomic E-state index is 0.734. The topological polar surface area (TPSA) is 26.3 Å². The van der Waals surface area contributed by atoms with Gasteiger partial charge in [0.25, 0.3) is 0 Å². The molecule has 0 fully saturated rings. The van der Waals surface area contributed by atoms with Gasteiger partial charge in [-0.25, -0.2) is 0 Å². The second-order valence-corrected chi connectivity index (χ2v) is 9.68. The molecular weight excluding hydrogens is 464 g/mol. The van der Waals surface area contributed by atoms with E-state index in [1.54, 1.807) is 0 Å². The predicted molar refractivity (Wildman–Crippen MR) is 157 cm³/mol. The van der Waals surface area contributed by atoms with Crippen LogP contribution >= 0.6 is 0 Å². The van der Waals surface area contributed by atoms with Crippen molar-refractivity contribution in [3.05, 3.63) is 133 Å². The molecule has 0 bridgehead atoms. The first kappa shape index (κ1) is 21.0. The third-order valence-corrected chi connectivity index (χ3v) is 7.49. The number of benzene rings is 6. The summed E-state index contributed by atoms with van der Waals surface area (Å²) in [5.41, 5.74) is 6.57. The summed E-state index contributed by atoms with van der Waals surface area (Å²) in [6.07, 6.45) is 0. The Hall–Kier alpha value is -5.08. The van der Waals surface area contributed by atoms with Gasteiger partial charge in [0.15, 0.2) is 11.5 Å². The van der Waals surface area contributed by atoms with Gasteiger partial charge in [0.1, 0.15) is 11.2 Å². The molecule has 8 rings (SSSR count). The standard InChI is InChI=1S/C36H22O2/c1-2-11-23(12-3-1)35-25-14-5-7-16-27(25)36(28-17-8-6-15-26(28)35)29-18-10-20-32-30(29)22-34(38-32)33-21-24-13-4-9-19-31(24)37-33/h1-22H. The van der Waals surface area contributed by atoms with Gasteiger partial charge in [-0.2, -0.15) is 0 Å². The molecule has 8 aromatic rings. The summed E-state index contributed by atoms with van der Waals surface area (Å²) in [7, 11) is 0. The number of fused-ring (bicyclic) bond motifs is 4. The van der Waals surface area contributed by atoms with Gasteiger partial charge >= 0.3 is 0 Å². The van der Waals surface area contributed by atoms with E-state index in [1.165, 1.54) is 38.2 Å². The number of para-hydroxylation sites is 1. The van der Waals surface area contributed by atoms with Gasteiger partial charge < -0.3 is 8.83 Å².